The van der Waals surface area contributed by atoms with Crippen molar-refractivity contribution in [1.82, 2.24) is 15.3 Å². The fraction of sp³-hybridized carbons (Fsp3) is 0.267. The van der Waals surface area contributed by atoms with Crippen LogP contribution in [-0.4, -0.2) is 28.9 Å². The topological polar surface area (TPSA) is 73.3 Å². The standard InChI is InChI=1S/C15H15N3O3S/c1-9-5-11(18-15(17-9)22-2)14(19)16-7-10-3-4-12-13(6-10)21-8-20-12/h3-6H,7-8H2,1-2H3,(H,16,19). The number of nitrogens with zero attached hydrogens (tertiary/aromatic N) is 2. The molecule has 22 heavy (non-hydrogen) atoms. The highest BCUT2D eigenvalue weighted by molar-refractivity contribution is 7.98. The molecule has 0 aliphatic carbocycles. The number of thioether (sulfide) groups is 1. The Morgan fingerprint density at radius 3 is 2.91 bits per heavy atom. The first-order valence-electron chi connectivity index (χ1n) is 6.72. The van der Waals surface area contributed by atoms with Crippen molar-refractivity contribution in [2.75, 3.05) is 13.0 Å². The second-order valence-electron chi connectivity index (χ2n) is 4.75. The molecule has 0 saturated heterocycles. The van der Waals surface area contributed by atoms with Gasteiger partial charge in [-0.2, -0.15) is 0 Å². The van der Waals surface area contributed by atoms with E-state index in [4.69, 9.17) is 9.47 Å². The van der Waals surface area contributed by atoms with Crippen molar-refractivity contribution in [3.8, 4) is 11.5 Å². The Bertz CT molecular complexity index is 721. The number of carbonyl (C=O) groups excluding carboxylic acids is 1. The Balaban J connectivity index is 1.68. The Hall–Kier alpha value is -2.28. The van der Waals surface area contributed by atoms with Crippen LogP contribution in [0.5, 0.6) is 11.5 Å². The number of fused-ring (bicyclic) bond motifs is 1. The summed E-state index contributed by atoms with van der Waals surface area (Å²) in [6.07, 6.45) is 1.88. The van der Waals surface area contributed by atoms with E-state index in [2.05, 4.69) is 15.3 Å². The van der Waals surface area contributed by atoms with Crippen molar-refractivity contribution in [2.45, 2.75) is 18.6 Å². The van der Waals surface area contributed by atoms with E-state index < -0.39 is 0 Å². The molecule has 1 amide bonds. The molecule has 0 bridgehead atoms. The molecule has 0 atom stereocenters. The van der Waals surface area contributed by atoms with E-state index in [-0.39, 0.29) is 12.7 Å². The van der Waals surface area contributed by atoms with Crippen LogP contribution in [0.25, 0.3) is 0 Å². The number of ether oxygens (including phenoxy) is 2. The number of rotatable bonds is 4. The van der Waals surface area contributed by atoms with Gasteiger partial charge in [0.1, 0.15) is 5.69 Å². The minimum atomic E-state index is -0.224. The van der Waals surface area contributed by atoms with Crippen LogP contribution in [-0.2, 0) is 6.54 Å². The molecule has 0 saturated carbocycles. The maximum Gasteiger partial charge on any atom is 0.270 e. The molecule has 2 aromatic rings. The Morgan fingerprint density at radius 2 is 2.09 bits per heavy atom. The van der Waals surface area contributed by atoms with E-state index in [1.165, 1.54) is 11.8 Å². The lowest BCUT2D eigenvalue weighted by atomic mass is 10.2. The highest BCUT2D eigenvalue weighted by Gasteiger charge is 2.14. The average Bonchev–Trinajstić information content (AvgIpc) is 2.99. The first-order valence-corrected chi connectivity index (χ1v) is 7.94. The van der Waals surface area contributed by atoms with Gasteiger partial charge in [0.2, 0.25) is 6.79 Å². The van der Waals surface area contributed by atoms with Gasteiger partial charge < -0.3 is 14.8 Å². The number of benzene rings is 1. The fourth-order valence-corrected chi connectivity index (χ4v) is 2.50. The molecule has 0 spiro atoms. The Morgan fingerprint density at radius 1 is 1.27 bits per heavy atom. The molecule has 3 rings (SSSR count). The zero-order valence-corrected chi connectivity index (χ0v) is 13.1. The summed E-state index contributed by atoms with van der Waals surface area (Å²) in [5.41, 5.74) is 2.08. The second-order valence-corrected chi connectivity index (χ2v) is 5.52. The van der Waals surface area contributed by atoms with Gasteiger partial charge in [-0.15, -0.1) is 0 Å². The molecular formula is C15H15N3O3S. The molecule has 1 N–H and O–H groups in total. The predicted octanol–water partition coefficient (Wildman–Crippen LogP) is 2.17. The highest BCUT2D eigenvalue weighted by Crippen LogP contribution is 2.32. The van der Waals surface area contributed by atoms with Gasteiger partial charge in [0.05, 0.1) is 0 Å². The summed E-state index contributed by atoms with van der Waals surface area (Å²) in [5.74, 6) is 1.21. The SMILES string of the molecule is CSc1nc(C)cc(C(=O)NCc2ccc3c(c2)OCO3)n1. The van der Waals surface area contributed by atoms with E-state index >= 15 is 0 Å². The summed E-state index contributed by atoms with van der Waals surface area (Å²) in [6, 6.07) is 7.27. The quantitative estimate of drug-likeness (QED) is 0.688. The maximum atomic E-state index is 12.2. The normalized spacial score (nSPS) is 12.3. The number of hydrogen-bond acceptors (Lipinski definition) is 6. The summed E-state index contributed by atoms with van der Waals surface area (Å²) in [6.45, 7) is 2.48. The van der Waals surface area contributed by atoms with Gasteiger partial charge in [0.15, 0.2) is 16.7 Å². The molecule has 114 valence electrons. The van der Waals surface area contributed by atoms with Gasteiger partial charge in [-0.3, -0.25) is 4.79 Å². The molecule has 1 aromatic heterocycles. The van der Waals surface area contributed by atoms with Crippen LogP contribution >= 0.6 is 11.8 Å². The van der Waals surface area contributed by atoms with Gasteiger partial charge in [0.25, 0.3) is 5.91 Å². The lowest BCUT2D eigenvalue weighted by Crippen LogP contribution is -2.24. The van der Waals surface area contributed by atoms with Crippen LogP contribution in [0.1, 0.15) is 21.7 Å². The fourth-order valence-electron chi connectivity index (χ4n) is 2.07. The summed E-state index contributed by atoms with van der Waals surface area (Å²) in [5, 5.41) is 3.44. The van der Waals surface area contributed by atoms with Gasteiger partial charge in [-0.05, 0) is 36.9 Å². The zero-order valence-electron chi connectivity index (χ0n) is 12.3. The first-order chi connectivity index (χ1) is 10.7. The third-order valence-electron chi connectivity index (χ3n) is 3.14. The monoisotopic (exact) mass is 317 g/mol. The third kappa shape index (κ3) is 3.14. The number of carbonyl (C=O) groups is 1. The van der Waals surface area contributed by atoms with Crippen LogP contribution in [0.4, 0.5) is 0 Å². The van der Waals surface area contributed by atoms with Crippen LogP contribution in [0.3, 0.4) is 0 Å². The van der Waals surface area contributed by atoms with E-state index in [0.29, 0.717) is 23.1 Å². The molecule has 0 fully saturated rings. The first kappa shape index (κ1) is 14.6. The lowest BCUT2D eigenvalue weighted by Gasteiger charge is -2.07. The maximum absolute atomic E-state index is 12.2. The third-order valence-corrected chi connectivity index (χ3v) is 3.69. The van der Waals surface area contributed by atoms with Gasteiger partial charge in [-0.25, -0.2) is 9.97 Å². The average molecular weight is 317 g/mol. The molecule has 2 heterocycles. The van der Waals surface area contributed by atoms with Crippen LogP contribution in [0.2, 0.25) is 0 Å². The van der Waals surface area contributed by atoms with Crippen molar-refractivity contribution in [1.29, 1.82) is 0 Å². The molecule has 6 nitrogen and oxygen atoms in total. The van der Waals surface area contributed by atoms with E-state index in [1.54, 1.807) is 6.07 Å². The van der Waals surface area contributed by atoms with Crippen molar-refractivity contribution in [3.05, 3.63) is 41.2 Å². The number of hydrogen-bond donors (Lipinski definition) is 1. The molecule has 0 unspecified atom stereocenters. The second kappa shape index (κ2) is 6.23. The van der Waals surface area contributed by atoms with E-state index in [1.807, 2.05) is 31.4 Å². The van der Waals surface area contributed by atoms with E-state index in [0.717, 1.165) is 17.0 Å². The summed E-state index contributed by atoms with van der Waals surface area (Å²) in [7, 11) is 0. The Labute approximate surface area is 132 Å². The van der Waals surface area contributed by atoms with Crippen molar-refractivity contribution in [2.24, 2.45) is 0 Å². The van der Waals surface area contributed by atoms with Gasteiger partial charge >= 0.3 is 0 Å². The van der Waals surface area contributed by atoms with Crippen LogP contribution in [0, 0.1) is 6.92 Å². The molecule has 1 aliphatic rings. The van der Waals surface area contributed by atoms with Crippen molar-refractivity contribution in [3.63, 3.8) is 0 Å². The lowest BCUT2D eigenvalue weighted by molar-refractivity contribution is 0.0944. The molecule has 1 aliphatic heterocycles. The number of aromatic nitrogens is 2. The summed E-state index contributed by atoms with van der Waals surface area (Å²) < 4.78 is 10.6. The smallest absolute Gasteiger partial charge is 0.270 e. The minimum absolute atomic E-state index is 0.224. The van der Waals surface area contributed by atoms with Crippen LogP contribution in [0.15, 0.2) is 29.4 Å². The zero-order chi connectivity index (χ0) is 15.5. The van der Waals surface area contributed by atoms with Crippen molar-refractivity contribution < 1.29 is 14.3 Å². The van der Waals surface area contributed by atoms with Gasteiger partial charge in [-0.1, -0.05) is 17.8 Å². The van der Waals surface area contributed by atoms with Crippen molar-refractivity contribution >= 4 is 17.7 Å². The highest BCUT2D eigenvalue weighted by atomic mass is 32.2. The van der Waals surface area contributed by atoms with Gasteiger partial charge in [0, 0.05) is 12.2 Å². The molecule has 0 radical (unpaired) electrons. The Kier molecular flexibility index (Phi) is 4.15. The minimum Gasteiger partial charge on any atom is -0.454 e. The summed E-state index contributed by atoms with van der Waals surface area (Å²) >= 11 is 1.41. The molecule has 1 aromatic carbocycles. The molecule has 7 heteroatoms. The predicted molar refractivity (Wildman–Crippen MR) is 82.3 cm³/mol. The number of amides is 1. The van der Waals surface area contributed by atoms with Crippen LogP contribution < -0.4 is 14.8 Å². The molecular weight excluding hydrogens is 302 g/mol. The largest absolute Gasteiger partial charge is 0.454 e. The van der Waals surface area contributed by atoms with E-state index in [9.17, 15) is 4.79 Å². The number of nitrogens with one attached hydrogen (secondary N) is 1. The number of aryl methyl sites for hydroxylation is 1. The summed E-state index contributed by atoms with van der Waals surface area (Å²) in [4.78, 5) is 20.7.